The average Bonchev–Trinajstić information content (AvgIpc) is 3.67. The standard InChI is InChI=1S/C57H41N/c1-34-35(2)58(53-30-29-40(41-17-7-10-21-46(41)53)38-26-25-36-15-5-6-16-37(36)31-38)56-48-23-12-9-19-43(48)50-33-49(42-18-8-11-22-47(42)55(50)54(34)56)39-27-28-45-44-20-13-14-24-51(44)57(3,4)52(45)32-39/h5-33H,1-4H3. The molecule has 1 heteroatoms. The number of hydrogen-bond donors (Lipinski definition) is 0. The van der Waals surface area contributed by atoms with Gasteiger partial charge in [-0.1, -0.05) is 166 Å². The Bertz CT molecular complexity index is 3560. The molecule has 0 aliphatic heterocycles. The van der Waals surface area contributed by atoms with E-state index < -0.39 is 0 Å². The van der Waals surface area contributed by atoms with E-state index in [1.807, 2.05) is 0 Å². The monoisotopic (exact) mass is 739 g/mol. The van der Waals surface area contributed by atoms with E-state index in [4.69, 9.17) is 0 Å². The van der Waals surface area contributed by atoms with Gasteiger partial charge >= 0.3 is 0 Å². The maximum atomic E-state index is 2.56. The molecule has 1 aliphatic carbocycles. The van der Waals surface area contributed by atoms with Gasteiger partial charge in [0.05, 0.1) is 11.2 Å². The molecule has 0 radical (unpaired) electrons. The van der Waals surface area contributed by atoms with Crippen molar-refractivity contribution in [2.75, 3.05) is 0 Å². The number of aryl methyl sites for hydroxylation is 1. The molecule has 1 heterocycles. The summed E-state index contributed by atoms with van der Waals surface area (Å²) in [6.07, 6.45) is 0. The minimum absolute atomic E-state index is 0.0666. The Morgan fingerprint density at radius 3 is 1.78 bits per heavy atom. The topological polar surface area (TPSA) is 4.93 Å². The molecule has 0 bridgehead atoms. The fourth-order valence-electron chi connectivity index (χ4n) is 10.6. The Hall–Kier alpha value is -6.96. The predicted octanol–water partition coefficient (Wildman–Crippen LogP) is 15.7. The summed E-state index contributed by atoms with van der Waals surface area (Å²) in [7, 11) is 0. The average molecular weight is 740 g/mol. The first-order chi connectivity index (χ1) is 28.4. The van der Waals surface area contributed by atoms with Gasteiger partial charge in [-0.25, -0.2) is 0 Å². The van der Waals surface area contributed by atoms with Gasteiger partial charge in [0.1, 0.15) is 0 Å². The third-order valence-electron chi connectivity index (χ3n) is 13.6. The van der Waals surface area contributed by atoms with Crippen LogP contribution in [-0.2, 0) is 5.41 Å². The highest BCUT2D eigenvalue weighted by Crippen LogP contribution is 2.51. The summed E-state index contributed by atoms with van der Waals surface area (Å²) in [5, 5.41) is 14.1. The van der Waals surface area contributed by atoms with E-state index in [1.54, 1.807) is 0 Å². The molecular weight excluding hydrogens is 699 g/mol. The third-order valence-corrected chi connectivity index (χ3v) is 13.6. The highest BCUT2D eigenvalue weighted by atomic mass is 15.0. The molecule has 0 N–H and O–H groups in total. The largest absolute Gasteiger partial charge is 0.312 e. The van der Waals surface area contributed by atoms with Crippen LogP contribution in [0.4, 0.5) is 0 Å². The summed E-state index contributed by atoms with van der Waals surface area (Å²) in [5.41, 5.74) is 15.6. The van der Waals surface area contributed by atoms with Gasteiger partial charge in [0, 0.05) is 27.3 Å². The van der Waals surface area contributed by atoms with Crippen molar-refractivity contribution in [3.05, 3.63) is 198 Å². The molecule has 10 aromatic carbocycles. The van der Waals surface area contributed by atoms with Gasteiger partial charge < -0.3 is 4.57 Å². The van der Waals surface area contributed by atoms with E-state index in [-0.39, 0.29) is 5.41 Å². The lowest BCUT2D eigenvalue weighted by Gasteiger charge is -2.22. The number of fused-ring (bicyclic) bond motifs is 13. The molecule has 1 aliphatic rings. The molecule has 12 rings (SSSR count). The minimum atomic E-state index is -0.0666. The number of nitrogens with zero attached hydrogens (tertiary/aromatic N) is 1. The van der Waals surface area contributed by atoms with Crippen molar-refractivity contribution in [3.63, 3.8) is 0 Å². The molecule has 274 valence electrons. The van der Waals surface area contributed by atoms with Crippen molar-refractivity contribution >= 4 is 64.8 Å². The van der Waals surface area contributed by atoms with E-state index in [0.29, 0.717) is 0 Å². The molecule has 0 fully saturated rings. The first-order valence-electron chi connectivity index (χ1n) is 20.5. The molecule has 0 atom stereocenters. The predicted molar refractivity (Wildman–Crippen MR) is 249 cm³/mol. The summed E-state index contributed by atoms with van der Waals surface area (Å²) in [6, 6.07) is 65.9. The van der Waals surface area contributed by atoms with Gasteiger partial charge in [0.25, 0.3) is 0 Å². The first kappa shape index (κ1) is 33.2. The van der Waals surface area contributed by atoms with Gasteiger partial charge in [-0.3, -0.25) is 0 Å². The van der Waals surface area contributed by atoms with Gasteiger partial charge in [-0.05, 0) is 131 Å². The molecule has 0 amide bonds. The Morgan fingerprint density at radius 1 is 0.379 bits per heavy atom. The lowest BCUT2D eigenvalue weighted by molar-refractivity contribution is 0.660. The van der Waals surface area contributed by atoms with E-state index in [0.717, 1.165) is 0 Å². The Balaban J connectivity index is 1.14. The molecule has 0 spiro atoms. The second-order valence-corrected chi connectivity index (χ2v) is 16.9. The van der Waals surface area contributed by atoms with Crippen molar-refractivity contribution in [2.24, 2.45) is 0 Å². The van der Waals surface area contributed by atoms with E-state index in [1.165, 1.54) is 126 Å². The lowest BCUT2D eigenvalue weighted by Crippen LogP contribution is -2.14. The summed E-state index contributed by atoms with van der Waals surface area (Å²) in [4.78, 5) is 0. The number of hydrogen-bond acceptors (Lipinski definition) is 0. The van der Waals surface area contributed by atoms with Crippen LogP contribution in [0.25, 0.3) is 104 Å². The summed E-state index contributed by atoms with van der Waals surface area (Å²) < 4.78 is 2.56. The Labute approximate surface area is 338 Å². The first-order valence-corrected chi connectivity index (χ1v) is 20.5. The SMILES string of the molecule is Cc1c(C)n(-c2ccc(-c3ccc4ccccc4c3)c3ccccc23)c2c3ccccc3c3cc(-c4ccc5c(c4)C(C)(C)c4ccccc4-5)c4ccccc4c3c12. The van der Waals surface area contributed by atoms with Crippen molar-refractivity contribution in [1.29, 1.82) is 0 Å². The molecule has 58 heavy (non-hydrogen) atoms. The minimum Gasteiger partial charge on any atom is -0.312 e. The van der Waals surface area contributed by atoms with Crippen LogP contribution in [-0.4, -0.2) is 4.57 Å². The molecule has 1 aromatic heterocycles. The van der Waals surface area contributed by atoms with Crippen molar-refractivity contribution in [1.82, 2.24) is 4.57 Å². The van der Waals surface area contributed by atoms with Crippen LogP contribution in [0.15, 0.2) is 176 Å². The van der Waals surface area contributed by atoms with Crippen LogP contribution >= 0.6 is 0 Å². The van der Waals surface area contributed by atoms with E-state index in [9.17, 15) is 0 Å². The van der Waals surface area contributed by atoms with Crippen molar-refractivity contribution in [3.8, 4) is 39.1 Å². The maximum absolute atomic E-state index is 2.56. The van der Waals surface area contributed by atoms with Crippen LogP contribution in [0.1, 0.15) is 36.2 Å². The van der Waals surface area contributed by atoms with Crippen LogP contribution < -0.4 is 0 Å². The van der Waals surface area contributed by atoms with Gasteiger partial charge in [0.15, 0.2) is 0 Å². The Kier molecular flexibility index (Phi) is 6.88. The highest BCUT2D eigenvalue weighted by molar-refractivity contribution is 6.33. The molecule has 1 nitrogen and oxygen atoms in total. The fourth-order valence-corrected chi connectivity index (χ4v) is 10.6. The maximum Gasteiger partial charge on any atom is 0.0619 e. The van der Waals surface area contributed by atoms with Crippen LogP contribution in [0.2, 0.25) is 0 Å². The van der Waals surface area contributed by atoms with Gasteiger partial charge in [-0.2, -0.15) is 0 Å². The second-order valence-electron chi connectivity index (χ2n) is 16.9. The molecule has 0 saturated heterocycles. The molecular formula is C57H41N. The smallest absolute Gasteiger partial charge is 0.0619 e. The zero-order chi connectivity index (χ0) is 38.9. The summed E-state index contributed by atoms with van der Waals surface area (Å²) in [5.74, 6) is 0. The lowest BCUT2D eigenvalue weighted by atomic mass is 9.81. The van der Waals surface area contributed by atoms with Crippen LogP contribution in [0, 0.1) is 13.8 Å². The fraction of sp³-hybridized carbons (Fsp3) is 0.0877. The quantitative estimate of drug-likeness (QED) is 0.159. The normalized spacial score (nSPS) is 13.3. The van der Waals surface area contributed by atoms with Crippen LogP contribution in [0.5, 0.6) is 0 Å². The zero-order valence-corrected chi connectivity index (χ0v) is 33.2. The number of rotatable bonds is 3. The molecule has 11 aromatic rings. The molecule has 0 unspecified atom stereocenters. The van der Waals surface area contributed by atoms with E-state index in [2.05, 4.69) is 208 Å². The van der Waals surface area contributed by atoms with Crippen molar-refractivity contribution < 1.29 is 0 Å². The summed E-state index contributed by atoms with van der Waals surface area (Å²) in [6.45, 7) is 9.39. The third kappa shape index (κ3) is 4.47. The Morgan fingerprint density at radius 2 is 0.966 bits per heavy atom. The zero-order valence-electron chi connectivity index (χ0n) is 33.2. The summed E-state index contributed by atoms with van der Waals surface area (Å²) >= 11 is 0. The van der Waals surface area contributed by atoms with E-state index >= 15 is 0 Å². The number of benzene rings is 10. The van der Waals surface area contributed by atoms with Crippen molar-refractivity contribution in [2.45, 2.75) is 33.1 Å². The van der Waals surface area contributed by atoms with Gasteiger partial charge in [-0.15, -0.1) is 0 Å². The van der Waals surface area contributed by atoms with Gasteiger partial charge in [0.2, 0.25) is 0 Å². The molecule has 0 saturated carbocycles. The highest BCUT2D eigenvalue weighted by Gasteiger charge is 2.35. The number of aromatic nitrogens is 1. The van der Waals surface area contributed by atoms with Crippen LogP contribution in [0.3, 0.4) is 0 Å². The second kappa shape index (κ2) is 12.0.